The first kappa shape index (κ1) is 9.26. The molecule has 0 radical (unpaired) electrons. The highest BCUT2D eigenvalue weighted by atomic mass is 16.3. The topological polar surface area (TPSA) is 20.2 Å². The molecule has 1 N–H and O–H groups in total. The molecule has 74 valence electrons. The summed E-state index contributed by atoms with van der Waals surface area (Å²) >= 11 is 0. The molecule has 0 spiro atoms. The van der Waals surface area contributed by atoms with Crippen molar-refractivity contribution in [2.45, 2.75) is 52.1 Å². The lowest BCUT2D eigenvalue weighted by atomic mass is 9.54. The highest BCUT2D eigenvalue weighted by Gasteiger charge is 2.46. The minimum absolute atomic E-state index is 0.0724. The van der Waals surface area contributed by atoms with Crippen molar-refractivity contribution in [1.82, 2.24) is 0 Å². The summed E-state index contributed by atoms with van der Waals surface area (Å²) in [7, 11) is 0. The summed E-state index contributed by atoms with van der Waals surface area (Å²) in [5.74, 6) is 0. The maximum atomic E-state index is 9.80. The van der Waals surface area contributed by atoms with E-state index in [-0.39, 0.29) is 6.10 Å². The summed E-state index contributed by atoms with van der Waals surface area (Å²) in [6.45, 7) is 8.74. The van der Waals surface area contributed by atoms with Gasteiger partial charge < -0.3 is 5.11 Å². The summed E-state index contributed by atoms with van der Waals surface area (Å²) in [5.41, 5.74) is 2.06. The number of hydrogen-bond donors (Lipinski definition) is 1. The van der Waals surface area contributed by atoms with Gasteiger partial charge in [0.15, 0.2) is 0 Å². The van der Waals surface area contributed by atoms with Gasteiger partial charge in [-0.25, -0.2) is 0 Å². The first-order chi connectivity index (χ1) is 5.91. The molecule has 3 atom stereocenters. The van der Waals surface area contributed by atoms with Crippen molar-refractivity contribution in [3.05, 3.63) is 12.2 Å². The van der Waals surface area contributed by atoms with E-state index in [1.165, 1.54) is 12.0 Å². The minimum Gasteiger partial charge on any atom is -0.393 e. The van der Waals surface area contributed by atoms with Gasteiger partial charge in [0.05, 0.1) is 6.10 Å². The quantitative estimate of drug-likeness (QED) is 0.568. The number of hydrogen-bond acceptors (Lipinski definition) is 1. The Kier molecular flexibility index (Phi) is 1.85. The van der Waals surface area contributed by atoms with E-state index in [0.717, 1.165) is 25.7 Å². The molecular formula is C12H20O. The number of fused-ring (bicyclic) bond motifs is 2. The maximum Gasteiger partial charge on any atom is 0.0550 e. The van der Waals surface area contributed by atoms with E-state index in [1.54, 1.807) is 0 Å². The summed E-state index contributed by atoms with van der Waals surface area (Å²) in [5, 5.41) is 9.80. The van der Waals surface area contributed by atoms with Crippen LogP contribution in [0.15, 0.2) is 12.2 Å². The molecule has 13 heavy (non-hydrogen) atoms. The first-order valence-corrected chi connectivity index (χ1v) is 5.26. The summed E-state index contributed by atoms with van der Waals surface area (Å²) < 4.78 is 0. The summed E-state index contributed by atoms with van der Waals surface area (Å²) in [4.78, 5) is 0. The Bertz CT molecular complexity index is 224. The molecule has 0 saturated heterocycles. The minimum atomic E-state index is -0.0724. The molecule has 0 aromatic heterocycles. The van der Waals surface area contributed by atoms with E-state index >= 15 is 0 Å². The smallest absolute Gasteiger partial charge is 0.0550 e. The Morgan fingerprint density at radius 3 is 2.15 bits per heavy atom. The number of allylic oxidation sites excluding steroid dienone is 1. The third kappa shape index (κ3) is 1.67. The zero-order valence-corrected chi connectivity index (χ0v) is 8.77. The Morgan fingerprint density at radius 2 is 1.69 bits per heavy atom. The Morgan fingerprint density at radius 1 is 1.23 bits per heavy atom. The van der Waals surface area contributed by atoms with Gasteiger partial charge in [0.25, 0.3) is 0 Å². The van der Waals surface area contributed by atoms with Gasteiger partial charge in [0.1, 0.15) is 0 Å². The fraction of sp³-hybridized carbons (Fsp3) is 0.833. The number of rotatable bonds is 0. The van der Waals surface area contributed by atoms with E-state index in [9.17, 15) is 5.11 Å². The lowest BCUT2D eigenvalue weighted by Gasteiger charge is -2.51. The molecule has 2 saturated carbocycles. The van der Waals surface area contributed by atoms with Crippen LogP contribution in [-0.2, 0) is 0 Å². The lowest BCUT2D eigenvalue weighted by molar-refractivity contribution is -0.0338. The first-order valence-electron chi connectivity index (χ1n) is 5.26. The normalized spacial score (nSPS) is 50.7. The van der Waals surface area contributed by atoms with Crippen molar-refractivity contribution in [2.24, 2.45) is 10.8 Å². The zero-order chi connectivity index (χ0) is 9.69. The van der Waals surface area contributed by atoms with Crippen LogP contribution in [0.3, 0.4) is 0 Å². The molecule has 2 fully saturated rings. The van der Waals surface area contributed by atoms with E-state index in [2.05, 4.69) is 20.4 Å². The van der Waals surface area contributed by atoms with E-state index in [0.29, 0.717) is 10.8 Å². The summed E-state index contributed by atoms with van der Waals surface area (Å²) in [6, 6.07) is 0. The fourth-order valence-corrected chi connectivity index (χ4v) is 3.92. The van der Waals surface area contributed by atoms with Gasteiger partial charge in [0.2, 0.25) is 0 Å². The van der Waals surface area contributed by atoms with E-state index in [1.807, 2.05) is 0 Å². The van der Waals surface area contributed by atoms with Crippen LogP contribution in [0.5, 0.6) is 0 Å². The Labute approximate surface area is 80.8 Å². The van der Waals surface area contributed by atoms with Gasteiger partial charge in [-0.2, -0.15) is 0 Å². The predicted molar refractivity (Wildman–Crippen MR) is 54.4 cm³/mol. The molecule has 1 heteroatoms. The zero-order valence-electron chi connectivity index (χ0n) is 8.77. The van der Waals surface area contributed by atoms with E-state index < -0.39 is 0 Å². The van der Waals surface area contributed by atoms with Gasteiger partial charge in [0, 0.05) is 0 Å². The van der Waals surface area contributed by atoms with Crippen molar-refractivity contribution >= 4 is 0 Å². The van der Waals surface area contributed by atoms with Gasteiger partial charge in [-0.05, 0) is 42.9 Å². The van der Waals surface area contributed by atoms with Crippen LogP contribution < -0.4 is 0 Å². The SMILES string of the molecule is C=C1C[C@@]2(C)CC(O)C[C@@](C)(C1)C2. The largest absolute Gasteiger partial charge is 0.393 e. The van der Waals surface area contributed by atoms with Gasteiger partial charge in [-0.1, -0.05) is 26.0 Å². The molecule has 0 amide bonds. The third-order valence-corrected chi connectivity index (χ3v) is 3.66. The van der Waals surface area contributed by atoms with Crippen molar-refractivity contribution < 1.29 is 5.11 Å². The molecule has 0 aromatic rings. The highest BCUT2D eigenvalue weighted by molar-refractivity contribution is 5.12. The van der Waals surface area contributed by atoms with Crippen LogP contribution >= 0.6 is 0 Å². The van der Waals surface area contributed by atoms with Crippen LogP contribution in [0.2, 0.25) is 0 Å². The fourth-order valence-electron chi connectivity index (χ4n) is 3.92. The molecule has 2 rings (SSSR count). The molecule has 0 heterocycles. The molecule has 2 aliphatic rings. The molecule has 2 bridgehead atoms. The van der Waals surface area contributed by atoms with Crippen molar-refractivity contribution in [2.75, 3.05) is 0 Å². The Hall–Kier alpha value is -0.300. The Balaban J connectivity index is 2.26. The number of aliphatic hydroxyl groups is 1. The lowest BCUT2D eigenvalue weighted by Crippen LogP contribution is -2.43. The van der Waals surface area contributed by atoms with Crippen LogP contribution in [-0.4, -0.2) is 11.2 Å². The molecule has 1 nitrogen and oxygen atoms in total. The van der Waals surface area contributed by atoms with Crippen molar-refractivity contribution in [3.63, 3.8) is 0 Å². The monoisotopic (exact) mass is 180 g/mol. The second kappa shape index (κ2) is 2.60. The standard InChI is InChI=1S/C12H20O/c1-9-4-11(2)6-10(13)7-12(3,5-9)8-11/h10,13H,1,4-8H2,2-3H3/t10?,11-,12+. The molecule has 2 aliphatic carbocycles. The van der Waals surface area contributed by atoms with Gasteiger partial charge >= 0.3 is 0 Å². The van der Waals surface area contributed by atoms with Crippen molar-refractivity contribution in [1.29, 1.82) is 0 Å². The van der Waals surface area contributed by atoms with Crippen LogP contribution in [0.25, 0.3) is 0 Å². The maximum absolute atomic E-state index is 9.80. The van der Waals surface area contributed by atoms with Gasteiger partial charge in [-0.15, -0.1) is 0 Å². The van der Waals surface area contributed by atoms with Crippen LogP contribution in [0.4, 0.5) is 0 Å². The van der Waals surface area contributed by atoms with Crippen LogP contribution in [0, 0.1) is 10.8 Å². The molecular weight excluding hydrogens is 160 g/mol. The average Bonchev–Trinajstić information content (AvgIpc) is 1.75. The summed E-state index contributed by atoms with van der Waals surface area (Å²) in [6.07, 6.45) is 5.40. The molecule has 0 aliphatic heterocycles. The highest BCUT2D eigenvalue weighted by Crippen LogP contribution is 2.56. The van der Waals surface area contributed by atoms with Gasteiger partial charge in [-0.3, -0.25) is 0 Å². The predicted octanol–water partition coefficient (Wildman–Crippen LogP) is 2.89. The molecule has 0 aromatic carbocycles. The molecule has 1 unspecified atom stereocenters. The van der Waals surface area contributed by atoms with Crippen LogP contribution in [0.1, 0.15) is 46.0 Å². The second-order valence-electron chi connectivity index (χ2n) is 5.96. The third-order valence-electron chi connectivity index (χ3n) is 3.66. The van der Waals surface area contributed by atoms with Crippen molar-refractivity contribution in [3.8, 4) is 0 Å². The van der Waals surface area contributed by atoms with E-state index in [4.69, 9.17) is 0 Å². The second-order valence-corrected chi connectivity index (χ2v) is 5.96. The average molecular weight is 180 g/mol. The number of aliphatic hydroxyl groups excluding tert-OH is 1.